The first-order valence-corrected chi connectivity index (χ1v) is 7.26. The van der Waals surface area contributed by atoms with Crippen molar-refractivity contribution in [3.05, 3.63) is 21.9 Å². The van der Waals surface area contributed by atoms with Gasteiger partial charge in [0.05, 0.1) is 10.4 Å². The average Bonchev–Trinajstić information content (AvgIpc) is 3.12. The quantitative estimate of drug-likeness (QED) is 0.777. The van der Waals surface area contributed by atoms with E-state index in [2.05, 4.69) is 17.2 Å². The predicted molar refractivity (Wildman–Crippen MR) is 76.4 cm³/mol. The zero-order valence-electron chi connectivity index (χ0n) is 11.2. The maximum atomic E-state index is 12.4. The Morgan fingerprint density at radius 1 is 1.60 bits per heavy atom. The van der Waals surface area contributed by atoms with E-state index in [0.29, 0.717) is 18.5 Å². The number of hydrogen-bond donors (Lipinski definition) is 2. The van der Waals surface area contributed by atoms with Crippen LogP contribution in [-0.4, -0.2) is 48.1 Å². The van der Waals surface area contributed by atoms with Gasteiger partial charge in [-0.3, -0.25) is 9.59 Å². The molecule has 1 atom stereocenters. The number of hydrogen-bond acceptors (Lipinski definition) is 4. The fourth-order valence-corrected chi connectivity index (χ4v) is 3.00. The highest BCUT2D eigenvalue weighted by Gasteiger charge is 2.34. The summed E-state index contributed by atoms with van der Waals surface area (Å²) in [5.41, 5.74) is 0.549. The van der Waals surface area contributed by atoms with Gasteiger partial charge in [-0.2, -0.15) is 0 Å². The minimum atomic E-state index is -0.376. The molecule has 1 saturated heterocycles. The molecule has 1 unspecified atom stereocenters. The molecule has 2 N–H and O–H groups in total. The van der Waals surface area contributed by atoms with Crippen LogP contribution in [0.25, 0.3) is 0 Å². The molecule has 1 aliphatic rings. The second-order valence-electron chi connectivity index (χ2n) is 4.43. The fourth-order valence-electron chi connectivity index (χ4n) is 2.26. The SMILES string of the molecule is CNC(=O)C1CCCN1C(=O)c1csc(C#CCO)c1. The van der Waals surface area contributed by atoms with E-state index in [4.69, 9.17) is 5.11 Å². The van der Waals surface area contributed by atoms with Crippen LogP contribution in [0.3, 0.4) is 0 Å². The van der Waals surface area contributed by atoms with Gasteiger partial charge < -0.3 is 15.3 Å². The van der Waals surface area contributed by atoms with Crippen LogP contribution in [0.4, 0.5) is 0 Å². The highest BCUT2D eigenvalue weighted by Crippen LogP contribution is 2.22. The van der Waals surface area contributed by atoms with Crippen LogP contribution in [0.1, 0.15) is 28.1 Å². The van der Waals surface area contributed by atoms with Gasteiger partial charge in [0.25, 0.3) is 5.91 Å². The van der Waals surface area contributed by atoms with Crippen LogP contribution in [0, 0.1) is 11.8 Å². The van der Waals surface area contributed by atoms with Gasteiger partial charge in [-0.1, -0.05) is 11.8 Å². The molecule has 2 amide bonds. The summed E-state index contributed by atoms with van der Waals surface area (Å²) in [6, 6.07) is 1.33. The Labute approximate surface area is 121 Å². The number of likely N-dealkylation sites (tertiary alicyclic amines) is 1. The molecule has 0 radical (unpaired) electrons. The van der Waals surface area contributed by atoms with Gasteiger partial charge in [-0.05, 0) is 18.9 Å². The number of aliphatic hydroxyl groups excluding tert-OH is 1. The van der Waals surface area contributed by atoms with Crippen LogP contribution < -0.4 is 5.32 Å². The number of thiophene rings is 1. The van der Waals surface area contributed by atoms with Crippen LogP contribution in [-0.2, 0) is 4.79 Å². The van der Waals surface area contributed by atoms with Crippen molar-refractivity contribution in [3.8, 4) is 11.8 Å². The highest BCUT2D eigenvalue weighted by molar-refractivity contribution is 7.10. The van der Waals surface area contributed by atoms with Crippen LogP contribution in [0.5, 0.6) is 0 Å². The van der Waals surface area contributed by atoms with Gasteiger partial charge in [0.2, 0.25) is 5.91 Å². The average molecular weight is 292 g/mol. The summed E-state index contributed by atoms with van der Waals surface area (Å²) in [6.45, 7) is 0.399. The van der Waals surface area contributed by atoms with E-state index in [1.54, 1.807) is 23.4 Å². The van der Waals surface area contributed by atoms with E-state index in [1.807, 2.05) is 0 Å². The predicted octanol–water partition coefficient (Wildman–Crippen LogP) is 0.442. The largest absolute Gasteiger partial charge is 0.384 e. The van der Waals surface area contributed by atoms with Crippen molar-refractivity contribution in [1.82, 2.24) is 10.2 Å². The van der Waals surface area contributed by atoms with Crippen molar-refractivity contribution in [1.29, 1.82) is 0 Å². The van der Waals surface area contributed by atoms with Crippen molar-refractivity contribution in [2.24, 2.45) is 0 Å². The lowest BCUT2D eigenvalue weighted by atomic mass is 10.2. The molecule has 0 bridgehead atoms. The van der Waals surface area contributed by atoms with E-state index in [9.17, 15) is 9.59 Å². The van der Waals surface area contributed by atoms with Gasteiger partial charge in [-0.25, -0.2) is 0 Å². The van der Waals surface area contributed by atoms with Gasteiger partial charge in [0, 0.05) is 19.0 Å². The number of likely N-dealkylation sites (N-methyl/N-ethyl adjacent to an activating group) is 1. The first-order chi connectivity index (χ1) is 9.67. The van der Waals surface area contributed by atoms with E-state index in [0.717, 1.165) is 11.3 Å². The summed E-state index contributed by atoms with van der Waals surface area (Å²) < 4.78 is 0. The van der Waals surface area contributed by atoms with Gasteiger partial charge in [0.15, 0.2) is 0 Å². The minimum absolute atomic E-state index is 0.119. The Balaban J connectivity index is 2.14. The third kappa shape index (κ3) is 3.00. The molecule has 2 rings (SSSR count). The summed E-state index contributed by atoms with van der Waals surface area (Å²) in [7, 11) is 1.58. The minimum Gasteiger partial charge on any atom is -0.384 e. The monoisotopic (exact) mass is 292 g/mol. The first-order valence-electron chi connectivity index (χ1n) is 6.38. The molecule has 0 saturated carbocycles. The molecule has 1 aromatic heterocycles. The number of carbonyl (C=O) groups is 2. The molecule has 1 fully saturated rings. The first kappa shape index (κ1) is 14.6. The maximum Gasteiger partial charge on any atom is 0.255 e. The fraction of sp³-hybridized carbons (Fsp3) is 0.429. The smallest absolute Gasteiger partial charge is 0.255 e. The summed E-state index contributed by atoms with van der Waals surface area (Å²) in [6.07, 6.45) is 1.54. The number of nitrogens with zero attached hydrogens (tertiary/aromatic N) is 1. The second-order valence-corrected chi connectivity index (χ2v) is 5.34. The molecule has 0 spiro atoms. The van der Waals surface area contributed by atoms with E-state index < -0.39 is 0 Å². The van der Waals surface area contributed by atoms with Crippen molar-refractivity contribution < 1.29 is 14.7 Å². The molecule has 1 aromatic rings. The molecule has 6 heteroatoms. The van der Waals surface area contributed by atoms with Crippen molar-refractivity contribution in [3.63, 3.8) is 0 Å². The van der Waals surface area contributed by atoms with Gasteiger partial charge >= 0.3 is 0 Å². The van der Waals surface area contributed by atoms with Crippen molar-refractivity contribution in [2.45, 2.75) is 18.9 Å². The van der Waals surface area contributed by atoms with E-state index in [1.165, 1.54) is 11.3 Å². The maximum absolute atomic E-state index is 12.4. The Bertz CT molecular complexity index is 570. The molecule has 106 valence electrons. The summed E-state index contributed by atoms with van der Waals surface area (Å²) in [4.78, 5) is 26.5. The van der Waals surface area contributed by atoms with Gasteiger partial charge in [0.1, 0.15) is 12.6 Å². The van der Waals surface area contributed by atoms with E-state index in [-0.39, 0.29) is 24.5 Å². The third-order valence-electron chi connectivity index (χ3n) is 3.20. The highest BCUT2D eigenvalue weighted by atomic mass is 32.1. The van der Waals surface area contributed by atoms with Crippen LogP contribution >= 0.6 is 11.3 Å². The summed E-state index contributed by atoms with van der Waals surface area (Å²) >= 11 is 1.36. The Hall–Kier alpha value is -1.84. The molecule has 0 aromatic carbocycles. The standard InChI is InChI=1S/C14H16N2O3S/c1-15-13(18)12-5-2-6-16(12)14(19)10-8-11(20-9-10)4-3-7-17/h8-9,12,17H,2,5-7H2,1H3,(H,15,18). The molecule has 0 aliphatic carbocycles. The number of carbonyl (C=O) groups excluding carboxylic acids is 2. The summed E-state index contributed by atoms with van der Waals surface area (Å²) in [5.74, 6) is 5.07. The Morgan fingerprint density at radius 2 is 2.40 bits per heavy atom. The van der Waals surface area contributed by atoms with Crippen molar-refractivity contribution in [2.75, 3.05) is 20.2 Å². The second kappa shape index (κ2) is 6.55. The number of nitrogens with one attached hydrogen (secondary N) is 1. The molecular weight excluding hydrogens is 276 g/mol. The van der Waals surface area contributed by atoms with Gasteiger partial charge in [-0.15, -0.1) is 11.3 Å². The number of rotatable bonds is 2. The summed E-state index contributed by atoms with van der Waals surface area (Å²) in [5, 5.41) is 13.0. The topological polar surface area (TPSA) is 69.6 Å². The van der Waals surface area contributed by atoms with Crippen molar-refractivity contribution >= 4 is 23.2 Å². The molecule has 2 heterocycles. The zero-order chi connectivity index (χ0) is 14.5. The third-order valence-corrected chi connectivity index (χ3v) is 4.05. The zero-order valence-corrected chi connectivity index (χ0v) is 12.0. The Morgan fingerprint density at radius 3 is 3.10 bits per heavy atom. The normalized spacial score (nSPS) is 17.5. The molecule has 20 heavy (non-hydrogen) atoms. The number of aliphatic hydroxyl groups is 1. The lowest BCUT2D eigenvalue weighted by Crippen LogP contribution is -2.44. The molecular formula is C14H16N2O3S. The lowest BCUT2D eigenvalue weighted by Gasteiger charge is -2.22. The number of amides is 2. The van der Waals surface area contributed by atoms with Crippen LogP contribution in [0.2, 0.25) is 0 Å². The Kier molecular flexibility index (Phi) is 4.77. The van der Waals surface area contributed by atoms with Crippen LogP contribution in [0.15, 0.2) is 11.4 Å². The lowest BCUT2D eigenvalue weighted by molar-refractivity contribution is -0.124. The van der Waals surface area contributed by atoms with E-state index >= 15 is 0 Å². The molecule has 1 aliphatic heterocycles. The molecule has 5 nitrogen and oxygen atoms in total.